The summed E-state index contributed by atoms with van der Waals surface area (Å²) in [5.41, 5.74) is 4.64. The first-order valence-corrected chi connectivity index (χ1v) is 9.17. The van der Waals surface area contributed by atoms with E-state index in [-0.39, 0.29) is 11.3 Å². The Labute approximate surface area is 178 Å². The van der Waals surface area contributed by atoms with E-state index in [1.807, 2.05) is 0 Å². The Morgan fingerprint density at radius 1 is 0.903 bits per heavy atom. The quantitative estimate of drug-likeness (QED) is 0.245. The number of anilines is 1. The van der Waals surface area contributed by atoms with Gasteiger partial charge in [0.1, 0.15) is 11.3 Å². The van der Waals surface area contributed by atoms with Gasteiger partial charge >= 0.3 is 11.9 Å². The van der Waals surface area contributed by atoms with Crippen molar-refractivity contribution in [1.82, 2.24) is 0 Å². The molecule has 0 heterocycles. The van der Waals surface area contributed by atoms with Gasteiger partial charge in [0.15, 0.2) is 11.5 Å². The van der Waals surface area contributed by atoms with Gasteiger partial charge in [0.05, 0.1) is 31.7 Å². The smallest absolute Gasteiger partial charge is 0.347 e. The third kappa shape index (κ3) is 5.39. The molecule has 0 amide bonds. The predicted octanol–water partition coefficient (Wildman–Crippen LogP) is 4.07. The summed E-state index contributed by atoms with van der Waals surface area (Å²) < 4.78 is 16.0. The molecule has 0 radical (unpaired) electrons. The highest BCUT2D eigenvalue weighted by atomic mass is 16.6. The van der Waals surface area contributed by atoms with Crippen LogP contribution in [0.1, 0.15) is 26.3 Å². The summed E-state index contributed by atoms with van der Waals surface area (Å²) in [7, 11) is 2.95. The van der Waals surface area contributed by atoms with Crippen molar-refractivity contribution in [2.24, 2.45) is 5.10 Å². The van der Waals surface area contributed by atoms with Crippen LogP contribution in [0.5, 0.6) is 17.2 Å². The molecule has 0 saturated heterocycles. The van der Waals surface area contributed by atoms with E-state index in [1.54, 1.807) is 60.8 Å². The Morgan fingerprint density at radius 3 is 2.29 bits per heavy atom. The lowest BCUT2D eigenvalue weighted by molar-refractivity contribution is 0.0693. The molecule has 0 unspecified atom stereocenters. The monoisotopic (exact) mass is 420 g/mol. The van der Waals surface area contributed by atoms with Crippen molar-refractivity contribution in [3.8, 4) is 17.2 Å². The Morgan fingerprint density at radius 2 is 1.61 bits per heavy atom. The topological polar surface area (TPSA) is 106 Å². The zero-order valence-electron chi connectivity index (χ0n) is 16.9. The Balaban J connectivity index is 1.70. The number of hydrogen-bond acceptors (Lipinski definition) is 7. The zero-order valence-corrected chi connectivity index (χ0v) is 16.9. The normalized spacial score (nSPS) is 10.5. The van der Waals surface area contributed by atoms with Crippen LogP contribution in [0.15, 0.2) is 71.8 Å². The van der Waals surface area contributed by atoms with E-state index >= 15 is 0 Å². The minimum Gasteiger partial charge on any atom is -0.496 e. The fraction of sp³-hybridized carbons (Fsp3) is 0.0870. The summed E-state index contributed by atoms with van der Waals surface area (Å²) in [4.78, 5) is 23.4. The number of carboxylic acids is 1. The fourth-order valence-corrected chi connectivity index (χ4v) is 2.69. The molecule has 3 aromatic rings. The molecule has 31 heavy (non-hydrogen) atoms. The van der Waals surface area contributed by atoms with Gasteiger partial charge in [-0.05, 0) is 60.2 Å². The molecular weight excluding hydrogens is 400 g/mol. The van der Waals surface area contributed by atoms with Gasteiger partial charge < -0.3 is 19.3 Å². The van der Waals surface area contributed by atoms with Crippen LogP contribution in [0.4, 0.5) is 5.69 Å². The maximum Gasteiger partial charge on any atom is 0.347 e. The molecule has 158 valence electrons. The van der Waals surface area contributed by atoms with Crippen molar-refractivity contribution in [3.63, 3.8) is 0 Å². The summed E-state index contributed by atoms with van der Waals surface area (Å²) in [6.45, 7) is 0. The van der Waals surface area contributed by atoms with E-state index in [0.29, 0.717) is 28.3 Å². The van der Waals surface area contributed by atoms with Gasteiger partial charge in [0, 0.05) is 0 Å². The first kappa shape index (κ1) is 21.4. The number of nitrogens with zero attached hydrogens (tertiary/aromatic N) is 1. The molecule has 0 aliphatic heterocycles. The van der Waals surface area contributed by atoms with Crippen molar-refractivity contribution < 1.29 is 28.9 Å². The van der Waals surface area contributed by atoms with Crippen LogP contribution in [0.25, 0.3) is 0 Å². The molecule has 0 aliphatic carbocycles. The van der Waals surface area contributed by atoms with Crippen LogP contribution in [0.2, 0.25) is 0 Å². The van der Waals surface area contributed by atoms with Crippen LogP contribution in [0.3, 0.4) is 0 Å². The number of carbonyl (C=O) groups is 2. The average molecular weight is 420 g/mol. The summed E-state index contributed by atoms with van der Waals surface area (Å²) in [6.07, 6.45) is 1.56. The Hall–Kier alpha value is -4.33. The van der Waals surface area contributed by atoms with Gasteiger partial charge in [-0.2, -0.15) is 5.10 Å². The first-order valence-electron chi connectivity index (χ1n) is 9.17. The van der Waals surface area contributed by atoms with Gasteiger partial charge in [-0.3, -0.25) is 5.43 Å². The lowest BCUT2D eigenvalue weighted by Gasteiger charge is -2.11. The number of esters is 1. The largest absolute Gasteiger partial charge is 0.496 e. The molecule has 8 heteroatoms. The molecule has 3 rings (SSSR count). The summed E-state index contributed by atoms with van der Waals surface area (Å²) in [6, 6.07) is 18.0. The predicted molar refractivity (Wildman–Crippen MR) is 116 cm³/mol. The number of aromatic carboxylic acids is 1. The number of methoxy groups -OCH3 is 2. The van der Waals surface area contributed by atoms with Gasteiger partial charge in [-0.15, -0.1) is 0 Å². The fourth-order valence-electron chi connectivity index (χ4n) is 2.69. The average Bonchev–Trinajstić information content (AvgIpc) is 2.80. The molecule has 0 aliphatic rings. The van der Waals surface area contributed by atoms with Crippen molar-refractivity contribution >= 4 is 23.8 Å². The second-order valence-electron chi connectivity index (χ2n) is 6.25. The van der Waals surface area contributed by atoms with Crippen LogP contribution >= 0.6 is 0 Å². The van der Waals surface area contributed by atoms with E-state index in [1.165, 1.54) is 26.4 Å². The highest BCUT2D eigenvalue weighted by molar-refractivity contribution is 5.94. The third-order valence-electron chi connectivity index (χ3n) is 4.26. The molecule has 0 aromatic heterocycles. The molecule has 0 bridgehead atoms. The number of benzene rings is 3. The standard InChI is InChI=1S/C23H20N2O6/c1-29-19-6-4-3-5-18(19)23(28)31-20-12-7-15(13-21(20)30-2)14-24-25-17-10-8-16(9-11-17)22(26)27/h3-14,25H,1-2H3,(H,26,27). The SMILES string of the molecule is COc1cc(C=NNc2ccc(C(=O)O)cc2)ccc1OC(=O)c1ccccc1OC. The van der Waals surface area contributed by atoms with Crippen molar-refractivity contribution in [2.75, 3.05) is 19.6 Å². The molecule has 0 saturated carbocycles. The van der Waals surface area contributed by atoms with Gasteiger partial charge in [-0.1, -0.05) is 12.1 Å². The number of hydrazone groups is 1. The van der Waals surface area contributed by atoms with Gasteiger partial charge in [-0.25, -0.2) is 9.59 Å². The number of nitrogens with one attached hydrogen (secondary N) is 1. The van der Waals surface area contributed by atoms with Crippen LogP contribution in [0, 0.1) is 0 Å². The third-order valence-corrected chi connectivity index (χ3v) is 4.26. The highest BCUT2D eigenvalue weighted by Gasteiger charge is 2.16. The summed E-state index contributed by atoms with van der Waals surface area (Å²) in [5, 5.41) is 13.0. The second kappa shape index (κ2) is 9.93. The molecule has 2 N–H and O–H groups in total. The van der Waals surface area contributed by atoms with E-state index in [2.05, 4.69) is 10.5 Å². The molecule has 0 spiro atoms. The minimum absolute atomic E-state index is 0.192. The van der Waals surface area contributed by atoms with Crippen molar-refractivity contribution in [1.29, 1.82) is 0 Å². The number of rotatable bonds is 8. The lowest BCUT2D eigenvalue weighted by atomic mass is 10.2. The number of carboxylic acid groups (broad SMARTS) is 1. The second-order valence-corrected chi connectivity index (χ2v) is 6.25. The molecule has 8 nitrogen and oxygen atoms in total. The summed E-state index contributed by atoms with van der Waals surface area (Å²) >= 11 is 0. The van der Waals surface area contributed by atoms with E-state index < -0.39 is 11.9 Å². The lowest BCUT2D eigenvalue weighted by Crippen LogP contribution is -2.10. The molecular formula is C23H20N2O6. The number of para-hydroxylation sites is 1. The van der Waals surface area contributed by atoms with E-state index in [0.717, 1.165) is 0 Å². The van der Waals surface area contributed by atoms with Crippen molar-refractivity contribution in [2.45, 2.75) is 0 Å². The maximum atomic E-state index is 12.5. The van der Waals surface area contributed by atoms with Crippen LogP contribution in [-0.2, 0) is 0 Å². The van der Waals surface area contributed by atoms with E-state index in [4.69, 9.17) is 19.3 Å². The van der Waals surface area contributed by atoms with Gasteiger partial charge in [0.25, 0.3) is 0 Å². The number of hydrogen-bond donors (Lipinski definition) is 2. The maximum absolute atomic E-state index is 12.5. The Kier molecular flexibility index (Phi) is 6.85. The molecule has 0 atom stereocenters. The van der Waals surface area contributed by atoms with Crippen LogP contribution in [-0.4, -0.2) is 37.5 Å². The van der Waals surface area contributed by atoms with Gasteiger partial charge in [0.2, 0.25) is 0 Å². The number of ether oxygens (including phenoxy) is 3. The zero-order chi connectivity index (χ0) is 22.2. The first-order chi connectivity index (χ1) is 15.0. The molecule has 0 fully saturated rings. The minimum atomic E-state index is -0.992. The van der Waals surface area contributed by atoms with E-state index in [9.17, 15) is 9.59 Å². The van der Waals surface area contributed by atoms with Crippen molar-refractivity contribution in [3.05, 3.63) is 83.4 Å². The van der Waals surface area contributed by atoms with Crippen LogP contribution < -0.4 is 19.6 Å². The number of carbonyl (C=O) groups excluding carboxylic acids is 1. The molecule has 3 aromatic carbocycles. The summed E-state index contributed by atoms with van der Waals surface area (Å²) in [5.74, 6) is -0.527. The highest BCUT2D eigenvalue weighted by Crippen LogP contribution is 2.29. The Bertz CT molecular complexity index is 1110.